The average molecular weight is 357 g/mol. The number of carbonyl (C=O) groups excluding carboxylic acids is 2. The van der Waals surface area contributed by atoms with Gasteiger partial charge in [-0.15, -0.1) is 0 Å². The van der Waals surface area contributed by atoms with Crippen LogP contribution in [-0.4, -0.2) is 18.6 Å². The Balaban J connectivity index is 2.20. The Kier molecular flexibility index (Phi) is 5.05. The van der Waals surface area contributed by atoms with Gasteiger partial charge < -0.3 is 15.4 Å². The minimum Gasteiger partial charge on any atom is -0.463 e. The average Bonchev–Trinajstić information content (AvgIpc) is 2.62. The third-order valence-corrected chi connectivity index (χ3v) is 4.19. The summed E-state index contributed by atoms with van der Waals surface area (Å²) in [6, 6.07) is 15.2. The molecule has 1 atom stereocenters. The SMILES string of the molecule is CCOC(=O)C1=C(c2ccccc2)NC(=O)N[C@@H]1c1ccccc1Cl. The number of hydrogen-bond donors (Lipinski definition) is 2. The molecule has 0 fully saturated rings. The molecule has 0 bridgehead atoms. The first-order valence-corrected chi connectivity index (χ1v) is 8.28. The second-order valence-corrected chi connectivity index (χ2v) is 5.84. The predicted octanol–water partition coefficient (Wildman–Crippen LogP) is 3.67. The molecular formula is C19H17ClN2O3. The fraction of sp³-hybridized carbons (Fsp3) is 0.158. The lowest BCUT2D eigenvalue weighted by Gasteiger charge is -2.30. The van der Waals surface area contributed by atoms with E-state index in [1.54, 1.807) is 31.2 Å². The standard InChI is InChI=1S/C19H17ClN2O3/c1-2-25-18(23)15-16(12-8-4-3-5-9-12)21-19(24)22-17(15)13-10-6-7-11-14(13)20/h3-11,17H,2H2,1H3,(H2,21,22,24)/t17-/m1/s1. The molecule has 0 unspecified atom stereocenters. The third kappa shape index (κ3) is 3.51. The van der Waals surface area contributed by atoms with E-state index in [1.165, 1.54) is 0 Å². The summed E-state index contributed by atoms with van der Waals surface area (Å²) in [7, 11) is 0. The summed E-state index contributed by atoms with van der Waals surface area (Å²) in [5.41, 5.74) is 2.10. The van der Waals surface area contributed by atoms with E-state index in [0.29, 0.717) is 21.9 Å². The Labute approximate surface area is 150 Å². The fourth-order valence-electron chi connectivity index (χ4n) is 2.77. The number of benzene rings is 2. The molecule has 1 aliphatic heterocycles. The number of urea groups is 1. The Morgan fingerprint density at radius 1 is 1.12 bits per heavy atom. The topological polar surface area (TPSA) is 67.4 Å². The summed E-state index contributed by atoms with van der Waals surface area (Å²) < 4.78 is 5.23. The van der Waals surface area contributed by atoms with Gasteiger partial charge in [0.1, 0.15) is 0 Å². The van der Waals surface area contributed by atoms with Gasteiger partial charge in [-0.25, -0.2) is 9.59 Å². The van der Waals surface area contributed by atoms with Crippen LogP contribution in [0.4, 0.5) is 4.79 Å². The summed E-state index contributed by atoms with van der Waals surface area (Å²) in [6.07, 6.45) is 0. The van der Waals surface area contributed by atoms with E-state index in [9.17, 15) is 9.59 Å². The molecule has 0 saturated carbocycles. The lowest BCUT2D eigenvalue weighted by atomic mass is 9.92. The molecule has 5 nitrogen and oxygen atoms in total. The number of ether oxygens (including phenoxy) is 1. The molecule has 1 heterocycles. The molecule has 25 heavy (non-hydrogen) atoms. The van der Waals surface area contributed by atoms with Gasteiger partial charge in [-0.3, -0.25) is 0 Å². The van der Waals surface area contributed by atoms with Crippen molar-refractivity contribution >= 4 is 29.3 Å². The first-order chi connectivity index (χ1) is 12.1. The van der Waals surface area contributed by atoms with Gasteiger partial charge in [0.2, 0.25) is 0 Å². The Morgan fingerprint density at radius 2 is 1.80 bits per heavy atom. The number of amides is 2. The van der Waals surface area contributed by atoms with Crippen LogP contribution >= 0.6 is 11.6 Å². The van der Waals surface area contributed by atoms with Crippen LogP contribution in [0.25, 0.3) is 5.70 Å². The van der Waals surface area contributed by atoms with E-state index in [0.717, 1.165) is 5.56 Å². The van der Waals surface area contributed by atoms with Crippen molar-refractivity contribution in [3.05, 3.63) is 76.3 Å². The maximum Gasteiger partial charge on any atom is 0.338 e. The van der Waals surface area contributed by atoms with Gasteiger partial charge in [-0.05, 0) is 24.1 Å². The van der Waals surface area contributed by atoms with Crippen molar-refractivity contribution in [1.82, 2.24) is 10.6 Å². The molecule has 2 aromatic rings. The number of halogens is 1. The van der Waals surface area contributed by atoms with E-state index >= 15 is 0 Å². The van der Waals surface area contributed by atoms with Gasteiger partial charge >= 0.3 is 12.0 Å². The molecule has 2 N–H and O–H groups in total. The van der Waals surface area contributed by atoms with E-state index < -0.39 is 18.0 Å². The molecule has 2 amide bonds. The maximum atomic E-state index is 12.7. The number of rotatable bonds is 4. The summed E-state index contributed by atoms with van der Waals surface area (Å²) in [4.78, 5) is 24.9. The van der Waals surface area contributed by atoms with Gasteiger partial charge in [0.15, 0.2) is 0 Å². The van der Waals surface area contributed by atoms with Gasteiger partial charge in [0.25, 0.3) is 0 Å². The second-order valence-electron chi connectivity index (χ2n) is 5.43. The van der Waals surface area contributed by atoms with Crippen molar-refractivity contribution in [3.8, 4) is 0 Å². The number of carbonyl (C=O) groups is 2. The van der Waals surface area contributed by atoms with Crippen LogP contribution in [0.2, 0.25) is 5.02 Å². The number of nitrogens with one attached hydrogen (secondary N) is 2. The van der Waals surface area contributed by atoms with Crippen molar-refractivity contribution in [2.75, 3.05) is 6.61 Å². The zero-order valence-electron chi connectivity index (χ0n) is 13.6. The van der Waals surface area contributed by atoms with Crippen LogP contribution in [0.3, 0.4) is 0 Å². The van der Waals surface area contributed by atoms with Gasteiger partial charge in [0, 0.05) is 5.02 Å². The molecule has 0 spiro atoms. The Bertz CT molecular complexity index is 834. The quantitative estimate of drug-likeness (QED) is 0.821. The fourth-order valence-corrected chi connectivity index (χ4v) is 3.01. The molecule has 128 valence electrons. The minimum atomic E-state index is -0.697. The third-order valence-electron chi connectivity index (χ3n) is 3.85. The Hall–Kier alpha value is -2.79. The van der Waals surface area contributed by atoms with E-state index in [1.807, 2.05) is 30.3 Å². The predicted molar refractivity (Wildman–Crippen MR) is 95.9 cm³/mol. The van der Waals surface area contributed by atoms with Crippen LogP contribution in [0.15, 0.2) is 60.2 Å². The highest BCUT2D eigenvalue weighted by atomic mass is 35.5. The molecule has 0 aromatic heterocycles. The van der Waals surface area contributed by atoms with Crippen molar-refractivity contribution < 1.29 is 14.3 Å². The highest BCUT2D eigenvalue weighted by Crippen LogP contribution is 2.34. The van der Waals surface area contributed by atoms with Crippen molar-refractivity contribution in [1.29, 1.82) is 0 Å². The van der Waals surface area contributed by atoms with Crippen LogP contribution in [0, 0.1) is 0 Å². The molecule has 0 aliphatic carbocycles. The molecule has 0 saturated heterocycles. The minimum absolute atomic E-state index is 0.230. The van der Waals surface area contributed by atoms with Crippen molar-refractivity contribution in [3.63, 3.8) is 0 Å². The summed E-state index contributed by atoms with van der Waals surface area (Å²) >= 11 is 6.30. The molecule has 1 aliphatic rings. The molecule has 6 heteroatoms. The summed E-state index contributed by atoms with van der Waals surface area (Å²) in [5, 5.41) is 5.96. The normalized spacial score (nSPS) is 16.9. The number of hydrogen-bond acceptors (Lipinski definition) is 3. The zero-order chi connectivity index (χ0) is 17.8. The van der Waals surface area contributed by atoms with Crippen LogP contribution < -0.4 is 10.6 Å². The van der Waals surface area contributed by atoms with Crippen molar-refractivity contribution in [2.45, 2.75) is 13.0 Å². The lowest BCUT2D eigenvalue weighted by molar-refractivity contribution is -0.138. The Morgan fingerprint density at radius 3 is 2.48 bits per heavy atom. The number of esters is 1. The largest absolute Gasteiger partial charge is 0.463 e. The van der Waals surface area contributed by atoms with Crippen LogP contribution in [0.5, 0.6) is 0 Å². The zero-order valence-corrected chi connectivity index (χ0v) is 14.3. The summed E-state index contributed by atoms with van der Waals surface area (Å²) in [6.45, 7) is 1.97. The van der Waals surface area contributed by atoms with Crippen LogP contribution in [-0.2, 0) is 9.53 Å². The monoisotopic (exact) mass is 356 g/mol. The highest BCUT2D eigenvalue weighted by Gasteiger charge is 2.35. The first-order valence-electron chi connectivity index (χ1n) is 7.90. The maximum absolute atomic E-state index is 12.7. The van der Waals surface area contributed by atoms with E-state index in [-0.39, 0.29) is 6.61 Å². The van der Waals surface area contributed by atoms with E-state index in [4.69, 9.17) is 16.3 Å². The summed E-state index contributed by atoms with van der Waals surface area (Å²) in [5.74, 6) is -0.501. The first kappa shape index (κ1) is 17.0. The smallest absolute Gasteiger partial charge is 0.338 e. The molecule has 2 aromatic carbocycles. The van der Waals surface area contributed by atoms with Crippen molar-refractivity contribution in [2.24, 2.45) is 0 Å². The van der Waals surface area contributed by atoms with E-state index in [2.05, 4.69) is 10.6 Å². The molecule has 3 rings (SSSR count). The lowest BCUT2D eigenvalue weighted by Crippen LogP contribution is -2.45. The van der Waals surface area contributed by atoms with Gasteiger partial charge in [0.05, 0.1) is 23.9 Å². The molecule has 0 radical (unpaired) electrons. The second kappa shape index (κ2) is 7.40. The molecular weight excluding hydrogens is 340 g/mol. The highest BCUT2D eigenvalue weighted by molar-refractivity contribution is 6.31. The van der Waals surface area contributed by atoms with Gasteiger partial charge in [-0.2, -0.15) is 0 Å². The van der Waals surface area contributed by atoms with Crippen LogP contribution in [0.1, 0.15) is 24.1 Å². The van der Waals surface area contributed by atoms with Gasteiger partial charge in [-0.1, -0.05) is 60.1 Å².